The number of ketones is 1. The molecule has 16 fully saturated rings. The number of aliphatic hydroxyl groups excluding tert-OH is 4. The number of rotatable bonds is 6. The Morgan fingerprint density at radius 3 is 1.33 bits per heavy atom. The highest BCUT2D eigenvalue weighted by Crippen LogP contribution is 2.84. The van der Waals surface area contributed by atoms with Crippen LogP contribution in [0.25, 0.3) is 0 Å². The molecule has 41 atom stereocenters. The zero-order valence-corrected chi connectivity index (χ0v) is 57.6. The molecule has 0 aromatic carbocycles. The van der Waals surface area contributed by atoms with Crippen molar-refractivity contribution in [2.45, 2.75) is 252 Å². The van der Waals surface area contributed by atoms with Crippen molar-refractivity contribution in [3.8, 4) is 0 Å². The van der Waals surface area contributed by atoms with E-state index >= 15 is 0 Å². The highest BCUT2D eigenvalue weighted by atomic mass is 16.8. The Morgan fingerprint density at radius 2 is 0.854 bits per heavy atom. The Morgan fingerprint density at radius 1 is 0.438 bits per heavy atom. The molecular formula is C70H94O26. The Bertz CT molecular complexity index is 3480. The fourth-order valence-corrected chi connectivity index (χ4v) is 27.3. The molecule has 5 N–H and O–H groups in total. The molecule has 0 amide bonds. The molecule has 10 aliphatic carbocycles. The minimum absolute atomic E-state index is 0.204. The Hall–Kier alpha value is -4.93. The van der Waals surface area contributed by atoms with Crippen molar-refractivity contribution in [1.29, 1.82) is 0 Å². The number of carbonyl (C=O) groups is 9. The smallest absolute Gasteiger partial charge is 0.353 e. The van der Waals surface area contributed by atoms with Crippen molar-refractivity contribution >= 4 is 53.5 Å². The van der Waals surface area contributed by atoms with E-state index in [0.717, 1.165) is 0 Å². The number of hydrogen-bond acceptors (Lipinski definition) is 26. The van der Waals surface area contributed by atoms with Gasteiger partial charge >= 0.3 is 47.8 Å². The quantitative estimate of drug-likeness (QED) is 0.145. The summed E-state index contributed by atoms with van der Waals surface area (Å²) in [5.74, 6) is -18.0. The van der Waals surface area contributed by atoms with Crippen molar-refractivity contribution in [1.82, 2.24) is 0 Å². The van der Waals surface area contributed by atoms with E-state index in [0.29, 0.717) is 12.8 Å². The zero-order valence-electron chi connectivity index (χ0n) is 57.6. The van der Waals surface area contributed by atoms with Crippen molar-refractivity contribution in [2.75, 3.05) is 0 Å². The van der Waals surface area contributed by atoms with Gasteiger partial charge in [-0.1, -0.05) is 55.4 Å². The summed E-state index contributed by atoms with van der Waals surface area (Å²) in [6.45, 7) is 29.8. The van der Waals surface area contributed by atoms with Crippen LogP contribution in [0.15, 0.2) is 0 Å². The second kappa shape index (κ2) is 20.0. The monoisotopic (exact) mass is 1350 g/mol. The number of epoxide rings is 4. The minimum Gasteiger partial charge on any atom is -0.462 e. The summed E-state index contributed by atoms with van der Waals surface area (Å²) in [6, 6.07) is 0. The largest absolute Gasteiger partial charge is 0.462 e. The van der Waals surface area contributed by atoms with Gasteiger partial charge in [-0.2, -0.15) is 0 Å². The Balaban J connectivity index is 0.000000159. The molecule has 6 heterocycles. The fourth-order valence-electron chi connectivity index (χ4n) is 27.3. The van der Waals surface area contributed by atoms with Gasteiger partial charge in [0.1, 0.15) is 48.8 Å². The molecule has 96 heavy (non-hydrogen) atoms. The number of fused-ring (bicyclic) bond motifs is 18. The van der Waals surface area contributed by atoms with Crippen LogP contribution in [0, 0.1) is 127 Å². The maximum atomic E-state index is 14.9. The van der Waals surface area contributed by atoms with Crippen LogP contribution in [0.3, 0.4) is 0 Å². The summed E-state index contributed by atoms with van der Waals surface area (Å²) in [4.78, 5) is 118. The average molecular weight is 1350 g/mol. The lowest BCUT2D eigenvalue weighted by molar-refractivity contribution is -0.284. The molecule has 10 saturated carbocycles. The summed E-state index contributed by atoms with van der Waals surface area (Å²) in [5.41, 5.74) is -10.7. The van der Waals surface area contributed by atoms with Gasteiger partial charge in [0.15, 0.2) is 17.5 Å². The number of esters is 8. The maximum Gasteiger partial charge on any atom is 0.353 e. The molecule has 16 aliphatic rings. The molecular weight excluding hydrogens is 1260 g/mol. The van der Waals surface area contributed by atoms with Gasteiger partial charge in [0.2, 0.25) is 11.4 Å². The number of ether oxygens (including phenoxy) is 12. The van der Waals surface area contributed by atoms with Gasteiger partial charge in [0.25, 0.3) is 5.79 Å². The summed E-state index contributed by atoms with van der Waals surface area (Å²) in [5, 5.41) is 61.7. The lowest BCUT2D eigenvalue weighted by Gasteiger charge is -2.67. The standard InChI is InChI=1S/C37H48O14.C33H46O12/c1-12-21-20(28(45-14(3)38)25(42)18-11-19-27(48-19)31(33(18,21)7)47-16(5)40)23-26(43)24-22(34(23,8)29(12)46-15(4)39)13(2)30-37(50-30)35(24,9)36(10,32(44)51-37)49-17(6)41;1-10-17-16(22(37)21(36)14-9-15-24(43-15)27(29(14,17)5)42-13(4)35)19-23(38)20-18(30(19,6)25(10)41-12(3)34)11(2)26-33(44-26)31(20,7)32(8,40)28(39)45-33/h12-13,18-24,26-31,43H,11H2,1-10H3;10-11,14-27,36-38,40H,9H2,1-8H3/t12-,13-,18+,19-,20+,21-,22-,23+,24-,26+,27-,28+,29-,30-,31-,33-,34+,35-,36+,37+;10-,11-,14+,15-,16+,17-,18-,19+,20-,21-,22+,23+,24-,25-,26-,27-,29-,30+,31-,32+,33+/m00/s1. The number of hydrogen-bond donors (Lipinski definition) is 5. The predicted octanol–water partition coefficient (Wildman–Crippen LogP) is 2.45. The molecule has 26 nitrogen and oxygen atoms in total. The summed E-state index contributed by atoms with van der Waals surface area (Å²) >= 11 is 0. The highest BCUT2D eigenvalue weighted by Gasteiger charge is 2.96. The third kappa shape index (κ3) is 7.47. The first-order chi connectivity index (χ1) is 44.5. The van der Waals surface area contributed by atoms with Gasteiger partial charge in [-0.15, -0.1) is 0 Å². The molecule has 6 saturated heterocycles. The van der Waals surface area contributed by atoms with Gasteiger partial charge in [-0.3, -0.25) is 33.6 Å². The van der Waals surface area contributed by atoms with E-state index in [-0.39, 0.29) is 35.9 Å². The summed E-state index contributed by atoms with van der Waals surface area (Å²) in [6.07, 6.45) is -11.2. The molecule has 0 bridgehead atoms. The van der Waals surface area contributed by atoms with E-state index in [9.17, 15) is 68.7 Å². The van der Waals surface area contributed by atoms with Gasteiger partial charge < -0.3 is 82.4 Å². The van der Waals surface area contributed by atoms with Crippen LogP contribution in [0.4, 0.5) is 0 Å². The van der Waals surface area contributed by atoms with Crippen LogP contribution < -0.4 is 0 Å². The number of Topliss-reactive ketones (excluding diaryl/α,β-unsaturated/α-hetero) is 1. The van der Waals surface area contributed by atoms with Crippen LogP contribution in [0.2, 0.25) is 0 Å². The molecule has 2 spiro atoms. The van der Waals surface area contributed by atoms with Crippen molar-refractivity contribution in [2.24, 2.45) is 127 Å². The molecule has 6 aliphatic heterocycles. The SMILES string of the molecule is CC(=O)O[C@H]1C(=O)[C@H]2C[C@@H]3O[C@@H]3[C@H](OC(C)=O)[C@]2(C)[C@H]2[C@H](C)[C@H](OC(C)=O)[C@@]3(C)[C@@H]([C@@H](O)[C@@H]4[C@@H]3[C@H](C)[C@@H]3O[C@@]35OC(=O)[C@@](C)(OC(C)=O)[C@]45C)[C@@H]21.CC(=O)O[C@H]1[C@@H](C)[C@H]2[C@@H]([C@@H](O)[C@@H](O)[C@H]3C[C@@H]4O[C@@H]4[C@H](OC(C)=O)[C@]23C)[C@@H]2[C@@H](O)[C@@H]3[C@H]([C@H](C)[C@@H]4O[C@@]45OC(=O)[C@@](C)(O)[C@]35C)[C@]21C. The van der Waals surface area contributed by atoms with E-state index in [4.69, 9.17) is 56.8 Å². The molecule has 16 rings (SSSR count). The number of aliphatic hydroxyl groups is 5. The van der Waals surface area contributed by atoms with Crippen molar-refractivity contribution in [3.05, 3.63) is 0 Å². The highest BCUT2D eigenvalue weighted by molar-refractivity contribution is 5.91. The fraction of sp³-hybridized carbons (Fsp3) is 0.871. The third-order valence-corrected chi connectivity index (χ3v) is 30.4. The second-order valence-electron chi connectivity index (χ2n) is 34.0. The van der Waals surface area contributed by atoms with E-state index in [1.807, 2.05) is 55.4 Å². The summed E-state index contributed by atoms with van der Waals surface area (Å²) in [7, 11) is 0. The molecule has 0 aromatic rings. The normalized spacial score (nSPS) is 60.4. The van der Waals surface area contributed by atoms with Crippen LogP contribution >= 0.6 is 0 Å². The molecule has 0 radical (unpaired) electrons. The van der Waals surface area contributed by atoms with Crippen LogP contribution in [0.1, 0.15) is 137 Å². The Kier molecular flexibility index (Phi) is 13.9. The lowest BCUT2D eigenvalue weighted by Crippen LogP contribution is -2.73. The predicted molar refractivity (Wildman–Crippen MR) is 319 cm³/mol. The van der Waals surface area contributed by atoms with Gasteiger partial charge in [-0.05, 0) is 106 Å². The van der Waals surface area contributed by atoms with E-state index in [1.54, 1.807) is 13.8 Å². The topological polar surface area (TPSA) is 379 Å². The molecule has 530 valence electrons. The maximum absolute atomic E-state index is 14.9. The van der Waals surface area contributed by atoms with Crippen molar-refractivity contribution in [3.63, 3.8) is 0 Å². The Labute approximate surface area is 556 Å². The van der Waals surface area contributed by atoms with Gasteiger partial charge in [-0.25, -0.2) is 9.59 Å². The van der Waals surface area contributed by atoms with Crippen molar-refractivity contribution < 1.29 is 126 Å². The van der Waals surface area contributed by atoms with Gasteiger partial charge in [0, 0.05) is 92.8 Å². The average Bonchev–Trinajstić information content (AvgIpc) is 1.46. The number of carbonyl (C=O) groups excluding carboxylic acids is 9. The zero-order chi connectivity index (χ0) is 70.0. The third-order valence-electron chi connectivity index (χ3n) is 30.4. The van der Waals surface area contributed by atoms with E-state index in [2.05, 4.69) is 0 Å². The first-order valence-corrected chi connectivity index (χ1v) is 34.6. The van der Waals surface area contributed by atoms with Crippen LogP contribution in [-0.2, 0) is 100.0 Å². The lowest BCUT2D eigenvalue weighted by atomic mass is 9.39. The summed E-state index contributed by atoms with van der Waals surface area (Å²) < 4.78 is 72.8. The molecule has 0 aromatic heterocycles. The van der Waals surface area contributed by atoms with E-state index in [1.165, 1.54) is 55.4 Å². The minimum atomic E-state index is -2.00. The second-order valence-corrected chi connectivity index (χ2v) is 34.0. The van der Waals surface area contributed by atoms with Crippen LogP contribution in [-0.4, -0.2) is 193 Å². The van der Waals surface area contributed by atoms with E-state index < -0.39 is 259 Å². The van der Waals surface area contributed by atoms with Gasteiger partial charge in [0.05, 0.1) is 47.5 Å². The van der Waals surface area contributed by atoms with Crippen LogP contribution in [0.5, 0.6) is 0 Å². The first kappa shape index (κ1) is 66.9. The molecule has 0 unspecified atom stereocenters. The molecule has 26 heteroatoms. The first-order valence-electron chi connectivity index (χ1n) is 34.6.